The van der Waals surface area contributed by atoms with Crippen LogP contribution < -0.4 is 15.4 Å². The van der Waals surface area contributed by atoms with Crippen molar-refractivity contribution >= 4 is 46.4 Å². The quantitative estimate of drug-likeness (QED) is 0.724. The molecule has 0 heterocycles. The van der Waals surface area contributed by atoms with Gasteiger partial charge in [0.05, 0.1) is 5.02 Å². The van der Waals surface area contributed by atoms with Gasteiger partial charge in [-0.05, 0) is 49.4 Å². The van der Waals surface area contributed by atoms with Gasteiger partial charge in [-0.3, -0.25) is 9.59 Å². The van der Waals surface area contributed by atoms with E-state index < -0.39 is 6.10 Å². The van der Waals surface area contributed by atoms with E-state index in [4.69, 9.17) is 27.9 Å². The van der Waals surface area contributed by atoms with Gasteiger partial charge in [-0.2, -0.15) is 0 Å². The van der Waals surface area contributed by atoms with Gasteiger partial charge in [-0.25, -0.2) is 0 Å². The molecule has 1 atom stereocenters. The minimum absolute atomic E-state index is 0.0661. The van der Waals surface area contributed by atoms with E-state index in [9.17, 15) is 9.59 Å². The van der Waals surface area contributed by atoms with Crippen molar-refractivity contribution in [1.82, 2.24) is 0 Å². The van der Waals surface area contributed by atoms with Gasteiger partial charge in [0.2, 0.25) is 5.91 Å². The molecule has 0 bridgehead atoms. The molecule has 138 valence electrons. The Morgan fingerprint density at radius 2 is 1.42 bits per heavy atom. The molecular formula is C19H20Cl2N2O3. The highest BCUT2D eigenvalue weighted by molar-refractivity contribution is 6.35. The highest BCUT2D eigenvalue weighted by Gasteiger charge is 2.16. The third-order valence-corrected chi connectivity index (χ3v) is 4.04. The van der Waals surface area contributed by atoms with Crippen LogP contribution in [0, 0.1) is 5.92 Å². The number of anilines is 2. The van der Waals surface area contributed by atoms with Crippen molar-refractivity contribution in [2.75, 3.05) is 10.6 Å². The van der Waals surface area contributed by atoms with E-state index in [0.29, 0.717) is 27.2 Å². The standard InChI is InChI=1S/C19H20Cl2N2O3/c1-11(2)18(24)22-14-5-7-15(8-6-14)23-19(25)12(3)26-17-9-4-13(20)10-16(17)21/h4-12H,1-3H3,(H,22,24)(H,23,25)/t12-/m1/s1. The fourth-order valence-electron chi connectivity index (χ4n) is 1.98. The lowest BCUT2D eigenvalue weighted by atomic mass is 10.2. The second kappa shape index (κ2) is 8.92. The normalized spacial score (nSPS) is 11.8. The summed E-state index contributed by atoms with van der Waals surface area (Å²) in [5.74, 6) is -0.115. The van der Waals surface area contributed by atoms with Crippen LogP contribution in [-0.2, 0) is 9.59 Å². The van der Waals surface area contributed by atoms with Gasteiger partial charge in [-0.15, -0.1) is 0 Å². The Morgan fingerprint density at radius 1 is 0.885 bits per heavy atom. The predicted octanol–water partition coefficient (Wildman–Crippen LogP) is 4.99. The number of amides is 2. The molecule has 0 spiro atoms. The monoisotopic (exact) mass is 394 g/mol. The molecule has 5 nitrogen and oxygen atoms in total. The molecule has 2 aromatic carbocycles. The van der Waals surface area contributed by atoms with Gasteiger partial charge in [0.1, 0.15) is 5.75 Å². The molecule has 0 saturated heterocycles. The predicted molar refractivity (Wildman–Crippen MR) is 105 cm³/mol. The molecule has 0 aliphatic carbocycles. The Kier molecular flexibility index (Phi) is 6.89. The van der Waals surface area contributed by atoms with Gasteiger partial charge in [-0.1, -0.05) is 37.0 Å². The van der Waals surface area contributed by atoms with Crippen molar-refractivity contribution in [2.45, 2.75) is 26.9 Å². The molecule has 26 heavy (non-hydrogen) atoms. The first-order chi connectivity index (χ1) is 12.3. The Hall–Kier alpha value is -2.24. The van der Waals surface area contributed by atoms with Gasteiger partial charge in [0.25, 0.3) is 5.91 Å². The summed E-state index contributed by atoms with van der Waals surface area (Å²) >= 11 is 11.9. The average molecular weight is 395 g/mol. The molecular weight excluding hydrogens is 375 g/mol. The van der Waals surface area contributed by atoms with E-state index >= 15 is 0 Å². The molecule has 0 fully saturated rings. The van der Waals surface area contributed by atoms with Crippen LogP contribution >= 0.6 is 23.2 Å². The minimum Gasteiger partial charge on any atom is -0.479 e. The summed E-state index contributed by atoms with van der Waals surface area (Å²) in [7, 11) is 0. The van der Waals surface area contributed by atoms with E-state index in [-0.39, 0.29) is 17.7 Å². The van der Waals surface area contributed by atoms with Crippen LogP contribution in [0.15, 0.2) is 42.5 Å². The van der Waals surface area contributed by atoms with Crippen LogP contribution in [0.4, 0.5) is 11.4 Å². The van der Waals surface area contributed by atoms with Gasteiger partial charge in [0, 0.05) is 22.3 Å². The molecule has 0 aromatic heterocycles. The van der Waals surface area contributed by atoms with Crippen LogP contribution in [0.5, 0.6) is 5.75 Å². The number of carbonyl (C=O) groups is 2. The average Bonchev–Trinajstić information content (AvgIpc) is 2.58. The first-order valence-corrected chi connectivity index (χ1v) is 8.85. The lowest BCUT2D eigenvalue weighted by Gasteiger charge is -2.16. The molecule has 2 amide bonds. The van der Waals surface area contributed by atoms with Crippen molar-refractivity contribution in [2.24, 2.45) is 5.92 Å². The Labute approximate surface area is 162 Å². The molecule has 2 rings (SSSR count). The van der Waals surface area contributed by atoms with E-state index in [1.165, 1.54) is 0 Å². The summed E-state index contributed by atoms with van der Waals surface area (Å²) in [5.41, 5.74) is 1.26. The second-order valence-electron chi connectivity index (χ2n) is 6.05. The lowest BCUT2D eigenvalue weighted by Crippen LogP contribution is -2.30. The van der Waals surface area contributed by atoms with Gasteiger partial charge < -0.3 is 15.4 Å². The Morgan fingerprint density at radius 3 is 1.92 bits per heavy atom. The number of rotatable bonds is 6. The largest absolute Gasteiger partial charge is 0.479 e. The van der Waals surface area contributed by atoms with Crippen molar-refractivity contribution in [1.29, 1.82) is 0 Å². The fraction of sp³-hybridized carbons (Fsp3) is 0.263. The maximum Gasteiger partial charge on any atom is 0.265 e. The zero-order chi connectivity index (χ0) is 19.3. The van der Waals surface area contributed by atoms with E-state index in [1.807, 2.05) is 13.8 Å². The van der Waals surface area contributed by atoms with Crippen LogP contribution in [0.2, 0.25) is 10.0 Å². The molecule has 2 aromatic rings. The third-order valence-electron chi connectivity index (χ3n) is 3.51. The van der Waals surface area contributed by atoms with Crippen molar-refractivity contribution in [3.63, 3.8) is 0 Å². The zero-order valence-electron chi connectivity index (χ0n) is 14.7. The molecule has 0 aliphatic rings. The van der Waals surface area contributed by atoms with Crippen LogP contribution in [0.1, 0.15) is 20.8 Å². The Balaban J connectivity index is 1.95. The van der Waals surface area contributed by atoms with Crippen molar-refractivity contribution < 1.29 is 14.3 Å². The Bertz CT molecular complexity index is 792. The van der Waals surface area contributed by atoms with Gasteiger partial charge in [0.15, 0.2) is 6.10 Å². The number of hydrogen-bond acceptors (Lipinski definition) is 3. The highest BCUT2D eigenvalue weighted by atomic mass is 35.5. The van der Waals surface area contributed by atoms with E-state index in [0.717, 1.165) is 0 Å². The van der Waals surface area contributed by atoms with Gasteiger partial charge >= 0.3 is 0 Å². The number of carbonyl (C=O) groups excluding carboxylic acids is 2. The SMILES string of the molecule is CC(C)C(=O)Nc1ccc(NC(=O)[C@@H](C)Oc2ccc(Cl)cc2Cl)cc1. The topological polar surface area (TPSA) is 67.4 Å². The number of halogens is 2. The van der Waals surface area contributed by atoms with E-state index in [2.05, 4.69) is 10.6 Å². The molecule has 0 aliphatic heterocycles. The summed E-state index contributed by atoms with van der Waals surface area (Å²) in [5, 5.41) is 6.36. The molecule has 7 heteroatoms. The molecule has 2 N–H and O–H groups in total. The van der Waals surface area contributed by atoms with Crippen molar-refractivity contribution in [3.05, 3.63) is 52.5 Å². The summed E-state index contributed by atoms with van der Waals surface area (Å²) in [6.45, 7) is 5.26. The first kappa shape index (κ1) is 20.1. The smallest absolute Gasteiger partial charge is 0.265 e. The summed E-state index contributed by atoms with van der Waals surface area (Å²) < 4.78 is 5.58. The number of benzene rings is 2. The lowest BCUT2D eigenvalue weighted by molar-refractivity contribution is -0.122. The number of ether oxygens (including phenoxy) is 1. The molecule has 0 radical (unpaired) electrons. The van der Waals surface area contributed by atoms with Crippen LogP contribution in [-0.4, -0.2) is 17.9 Å². The second-order valence-corrected chi connectivity index (χ2v) is 6.89. The van der Waals surface area contributed by atoms with Crippen molar-refractivity contribution in [3.8, 4) is 5.75 Å². The van der Waals surface area contributed by atoms with E-state index in [1.54, 1.807) is 49.4 Å². The fourth-order valence-corrected chi connectivity index (χ4v) is 2.44. The van der Waals surface area contributed by atoms with Crippen LogP contribution in [0.3, 0.4) is 0 Å². The number of hydrogen-bond donors (Lipinski definition) is 2. The summed E-state index contributed by atoms with van der Waals surface area (Å²) in [4.78, 5) is 23.9. The maximum absolute atomic E-state index is 12.3. The summed E-state index contributed by atoms with van der Waals surface area (Å²) in [6, 6.07) is 11.6. The summed E-state index contributed by atoms with van der Waals surface area (Å²) in [6.07, 6.45) is -0.756. The minimum atomic E-state index is -0.756. The number of nitrogens with one attached hydrogen (secondary N) is 2. The molecule has 0 saturated carbocycles. The third kappa shape index (κ3) is 5.64. The van der Waals surface area contributed by atoms with Crippen LogP contribution in [0.25, 0.3) is 0 Å². The molecule has 0 unspecified atom stereocenters. The zero-order valence-corrected chi connectivity index (χ0v) is 16.2. The maximum atomic E-state index is 12.3. The highest BCUT2D eigenvalue weighted by Crippen LogP contribution is 2.28. The first-order valence-electron chi connectivity index (χ1n) is 8.09.